The van der Waals surface area contributed by atoms with Crippen LogP contribution >= 0.6 is 11.8 Å². The number of aliphatic imine (C=N–C) groups is 1. The molecular formula is C13H16N2OS. The Bertz CT molecular complexity index is 462. The van der Waals surface area contributed by atoms with Gasteiger partial charge in [0.05, 0.1) is 5.69 Å². The normalized spacial score (nSPS) is 17.8. The highest BCUT2D eigenvalue weighted by molar-refractivity contribution is 8.14. The molecule has 0 radical (unpaired) electrons. The van der Waals surface area contributed by atoms with Crippen molar-refractivity contribution in [1.29, 1.82) is 0 Å². The molecule has 1 saturated heterocycles. The molecular weight excluding hydrogens is 232 g/mol. The van der Waals surface area contributed by atoms with E-state index < -0.39 is 0 Å². The zero-order chi connectivity index (χ0) is 12.4. The lowest BCUT2D eigenvalue weighted by Crippen LogP contribution is -2.29. The van der Waals surface area contributed by atoms with Crippen LogP contribution in [0.5, 0.6) is 0 Å². The van der Waals surface area contributed by atoms with Gasteiger partial charge in [0.1, 0.15) is 0 Å². The predicted molar refractivity (Wildman–Crippen MR) is 72.9 cm³/mol. The van der Waals surface area contributed by atoms with E-state index >= 15 is 0 Å². The van der Waals surface area contributed by atoms with Gasteiger partial charge in [-0.05, 0) is 25.0 Å². The first-order chi connectivity index (χ1) is 8.09. The number of hydrogen-bond donors (Lipinski definition) is 0. The van der Waals surface area contributed by atoms with Gasteiger partial charge in [-0.2, -0.15) is 0 Å². The number of carbonyl (C=O) groups is 1. The maximum Gasteiger partial charge on any atom is 0.225 e. The van der Waals surface area contributed by atoms with Crippen LogP contribution in [0.4, 0.5) is 5.69 Å². The summed E-state index contributed by atoms with van der Waals surface area (Å²) in [5.41, 5.74) is 3.28. The van der Waals surface area contributed by atoms with Gasteiger partial charge in [-0.3, -0.25) is 9.69 Å². The van der Waals surface area contributed by atoms with Gasteiger partial charge in [-0.25, -0.2) is 4.99 Å². The van der Waals surface area contributed by atoms with Crippen molar-refractivity contribution < 1.29 is 4.79 Å². The van der Waals surface area contributed by atoms with E-state index in [1.54, 1.807) is 23.6 Å². The SMILES string of the molecule is CC(=O)N1CCSC1=Nc1c(C)cccc1C. The Labute approximate surface area is 106 Å². The quantitative estimate of drug-likeness (QED) is 0.765. The molecule has 1 aromatic carbocycles. The van der Waals surface area contributed by atoms with Gasteiger partial charge in [0, 0.05) is 19.2 Å². The van der Waals surface area contributed by atoms with Crippen LogP contribution in [-0.4, -0.2) is 28.3 Å². The van der Waals surface area contributed by atoms with E-state index in [2.05, 4.69) is 4.99 Å². The fourth-order valence-electron chi connectivity index (χ4n) is 1.86. The molecule has 1 aliphatic rings. The first kappa shape index (κ1) is 12.2. The molecule has 3 nitrogen and oxygen atoms in total. The first-order valence-electron chi connectivity index (χ1n) is 5.65. The predicted octanol–water partition coefficient (Wildman–Crippen LogP) is 2.89. The van der Waals surface area contributed by atoms with Crippen LogP contribution in [0.25, 0.3) is 0 Å². The van der Waals surface area contributed by atoms with Crippen LogP contribution < -0.4 is 0 Å². The second kappa shape index (κ2) is 4.92. The molecule has 2 rings (SSSR count). The van der Waals surface area contributed by atoms with E-state index in [4.69, 9.17) is 0 Å². The average molecular weight is 248 g/mol. The van der Waals surface area contributed by atoms with Crippen LogP contribution in [0.3, 0.4) is 0 Å². The number of rotatable bonds is 1. The number of amidine groups is 1. The summed E-state index contributed by atoms with van der Waals surface area (Å²) in [7, 11) is 0. The zero-order valence-electron chi connectivity index (χ0n) is 10.4. The number of para-hydroxylation sites is 1. The fraction of sp³-hybridized carbons (Fsp3) is 0.385. The third-order valence-corrected chi connectivity index (χ3v) is 3.76. The molecule has 0 saturated carbocycles. The monoisotopic (exact) mass is 248 g/mol. The number of benzene rings is 1. The summed E-state index contributed by atoms with van der Waals surface area (Å²) in [5, 5.41) is 0.829. The van der Waals surface area contributed by atoms with E-state index in [1.165, 1.54) is 0 Å². The molecule has 1 fully saturated rings. The minimum atomic E-state index is 0.0694. The number of thioether (sulfide) groups is 1. The Kier molecular flexibility index (Phi) is 3.52. The standard InChI is InChI=1S/C13H16N2OS/c1-9-5-4-6-10(2)12(9)14-13-15(11(3)16)7-8-17-13/h4-6H,7-8H2,1-3H3. The van der Waals surface area contributed by atoms with Crippen molar-refractivity contribution in [1.82, 2.24) is 4.90 Å². The molecule has 0 spiro atoms. The molecule has 17 heavy (non-hydrogen) atoms. The second-order valence-electron chi connectivity index (χ2n) is 4.15. The fourth-order valence-corrected chi connectivity index (χ4v) is 2.85. The minimum Gasteiger partial charge on any atom is -0.291 e. The lowest BCUT2D eigenvalue weighted by atomic mass is 10.1. The molecule has 1 aromatic rings. The minimum absolute atomic E-state index is 0.0694. The molecule has 0 bridgehead atoms. The summed E-state index contributed by atoms with van der Waals surface area (Å²) < 4.78 is 0. The van der Waals surface area contributed by atoms with Gasteiger partial charge in [0.25, 0.3) is 0 Å². The smallest absolute Gasteiger partial charge is 0.225 e. The van der Waals surface area contributed by atoms with Crippen molar-refractivity contribution in [2.45, 2.75) is 20.8 Å². The molecule has 0 atom stereocenters. The number of aryl methyl sites for hydroxylation is 2. The Morgan fingerprint density at radius 3 is 2.59 bits per heavy atom. The Morgan fingerprint density at radius 1 is 1.35 bits per heavy atom. The number of hydrogen-bond acceptors (Lipinski definition) is 3. The molecule has 90 valence electrons. The highest BCUT2D eigenvalue weighted by Crippen LogP contribution is 2.27. The molecule has 0 N–H and O–H groups in total. The van der Waals surface area contributed by atoms with Gasteiger partial charge < -0.3 is 0 Å². The Hall–Kier alpha value is -1.29. The molecule has 0 unspecified atom stereocenters. The third-order valence-electron chi connectivity index (χ3n) is 2.80. The van der Waals surface area contributed by atoms with Crippen molar-refractivity contribution in [2.75, 3.05) is 12.3 Å². The van der Waals surface area contributed by atoms with Crippen molar-refractivity contribution in [3.8, 4) is 0 Å². The zero-order valence-corrected chi connectivity index (χ0v) is 11.2. The summed E-state index contributed by atoms with van der Waals surface area (Å²) in [4.78, 5) is 17.8. The highest BCUT2D eigenvalue weighted by atomic mass is 32.2. The third kappa shape index (κ3) is 2.52. The van der Waals surface area contributed by atoms with Crippen molar-refractivity contribution in [3.05, 3.63) is 29.3 Å². The van der Waals surface area contributed by atoms with Crippen molar-refractivity contribution in [3.63, 3.8) is 0 Å². The first-order valence-corrected chi connectivity index (χ1v) is 6.64. The number of nitrogens with zero attached hydrogens (tertiary/aromatic N) is 2. The number of carbonyl (C=O) groups excluding carboxylic acids is 1. The van der Waals surface area contributed by atoms with Gasteiger partial charge in [0.2, 0.25) is 5.91 Å². The highest BCUT2D eigenvalue weighted by Gasteiger charge is 2.23. The van der Waals surface area contributed by atoms with Crippen LogP contribution in [0.1, 0.15) is 18.1 Å². The van der Waals surface area contributed by atoms with E-state index in [1.807, 2.05) is 32.0 Å². The topological polar surface area (TPSA) is 32.7 Å². The Morgan fingerprint density at radius 2 is 2.00 bits per heavy atom. The summed E-state index contributed by atoms with van der Waals surface area (Å²) in [5.74, 6) is 1.00. The van der Waals surface area contributed by atoms with E-state index in [-0.39, 0.29) is 5.91 Å². The van der Waals surface area contributed by atoms with Crippen molar-refractivity contribution >= 4 is 28.5 Å². The maximum atomic E-state index is 11.4. The molecule has 1 heterocycles. The van der Waals surface area contributed by atoms with Crippen LogP contribution in [0, 0.1) is 13.8 Å². The van der Waals surface area contributed by atoms with E-state index in [0.29, 0.717) is 0 Å². The molecule has 1 aliphatic heterocycles. The molecule has 1 amide bonds. The lowest BCUT2D eigenvalue weighted by Gasteiger charge is -2.14. The molecule has 0 aromatic heterocycles. The molecule has 4 heteroatoms. The average Bonchev–Trinajstić information content (AvgIpc) is 2.72. The largest absolute Gasteiger partial charge is 0.291 e. The summed E-state index contributed by atoms with van der Waals surface area (Å²) in [6.07, 6.45) is 0. The lowest BCUT2D eigenvalue weighted by molar-refractivity contribution is -0.124. The van der Waals surface area contributed by atoms with E-state index in [0.717, 1.165) is 34.3 Å². The van der Waals surface area contributed by atoms with Crippen LogP contribution in [0.15, 0.2) is 23.2 Å². The number of amides is 1. The van der Waals surface area contributed by atoms with Gasteiger partial charge in [-0.1, -0.05) is 30.0 Å². The van der Waals surface area contributed by atoms with E-state index in [9.17, 15) is 4.79 Å². The van der Waals surface area contributed by atoms with Crippen LogP contribution in [0.2, 0.25) is 0 Å². The summed E-state index contributed by atoms with van der Waals surface area (Å²) in [6.45, 7) is 6.45. The van der Waals surface area contributed by atoms with Crippen LogP contribution in [-0.2, 0) is 4.79 Å². The van der Waals surface area contributed by atoms with Crippen molar-refractivity contribution in [2.24, 2.45) is 4.99 Å². The Balaban J connectivity index is 2.39. The van der Waals surface area contributed by atoms with Gasteiger partial charge in [0.15, 0.2) is 5.17 Å². The summed E-state index contributed by atoms with van der Waals surface area (Å²) in [6, 6.07) is 6.12. The molecule has 0 aliphatic carbocycles. The van der Waals surface area contributed by atoms with Gasteiger partial charge >= 0.3 is 0 Å². The second-order valence-corrected chi connectivity index (χ2v) is 5.22. The maximum absolute atomic E-state index is 11.4. The summed E-state index contributed by atoms with van der Waals surface area (Å²) >= 11 is 1.65. The van der Waals surface area contributed by atoms with Gasteiger partial charge in [-0.15, -0.1) is 0 Å².